The lowest BCUT2D eigenvalue weighted by Gasteiger charge is -2.40. The minimum atomic E-state index is 0.145. The Kier molecular flexibility index (Phi) is 3.39. The molecule has 0 bridgehead atoms. The number of nitrogens with two attached hydrogens (primary N) is 1. The molecular formula is C14H19NO. The maximum atomic E-state index is 11.9. The molecule has 1 fully saturated rings. The molecule has 0 atom stereocenters. The van der Waals surface area contributed by atoms with Gasteiger partial charge in [-0.15, -0.1) is 0 Å². The number of hydrogen-bond donors (Lipinski definition) is 1. The number of ketones is 1. The summed E-state index contributed by atoms with van der Waals surface area (Å²) >= 11 is 0. The van der Waals surface area contributed by atoms with Crippen molar-refractivity contribution in [2.24, 2.45) is 11.1 Å². The van der Waals surface area contributed by atoms with E-state index < -0.39 is 0 Å². The Balaban J connectivity index is 1.89. The topological polar surface area (TPSA) is 43.1 Å². The summed E-state index contributed by atoms with van der Waals surface area (Å²) in [5.41, 5.74) is 7.01. The molecular weight excluding hydrogens is 198 g/mol. The highest BCUT2D eigenvalue weighted by Crippen LogP contribution is 2.43. The number of hydrogen-bond acceptors (Lipinski definition) is 2. The number of carbonyl (C=O) groups is 1. The van der Waals surface area contributed by atoms with Gasteiger partial charge in [-0.1, -0.05) is 36.8 Å². The number of benzene rings is 1. The third-order valence-electron chi connectivity index (χ3n) is 3.66. The molecule has 16 heavy (non-hydrogen) atoms. The Hall–Kier alpha value is -1.15. The molecule has 1 saturated carbocycles. The normalized spacial score (nSPS) is 17.8. The minimum Gasteiger partial charge on any atom is -0.330 e. The Labute approximate surface area is 96.8 Å². The standard InChI is InChI=1S/C14H19NO/c15-11-14(7-4-8-14)10-13(16)9-12-5-2-1-3-6-12/h1-3,5-6H,4,7-11,15H2. The van der Waals surface area contributed by atoms with Crippen LogP contribution in [0.5, 0.6) is 0 Å². The zero-order valence-corrected chi connectivity index (χ0v) is 9.61. The lowest BCUT2D eigenvalue weighted by atomic mass is 9.65. The largest absolute Gasteiger partial charge is 0.330 e. The monoisotopic (exact) mass is 217 g/mol. The van der Waals surface area contributed by atoms with Crippen LogP contribution in [0, 0.1) is 5.41 Å². The van der Waals surface area contributed by atoms with E-state index in [0.29, 0.717) is 25.2 Å². The van der Waals surface area contributed by atoms with Crippen molar-refractivity contribution < 1.29 is 4.79 Å². The summed E-state index contributed by atoms with van der Waals surface area (Å²) in [6, 6.07) is 9.94. The van der Waals surface area contributed by atoms with Crippen molar-refractivity contribution in [2.75, 3.05) is 6.54 Å². The van der Waals surface area contributed by atoms with Gasteiger partial charge in [0.25, 0.3) is 0 Å². The van der Waals surface area contributed by atoms with Crippen molar-refractivity contribution in [3.8, 4) is 0 Å². The lowest BCUT2D eigenvalue weighted by molar-refractivity contribution is -0.122. The van der Waals surface area contributed by atoms with Crippen LogP contribution in [0.3, 0.4) is 0 Å². The SMILES string of the molecule is NCC1(CC(=O)Cc2ccccc2)CCC1. The molecule has 2 rings (SSSR count). The predicted octanol–water partition coefficient (Wildman–Crippen LogP) is 2.32. The number of Topliss-reactive ketones (excluding diaryl/α,β-unsaturated/α-hetero) is 1. The maximum absolute atomic E-state index is 11.9. The Morgan fingerprint density at radius 1 is 1.25 bits per heavy atom. The summed E-state index contributed by atoms with van der Waals surface area (Å²) in [6.45, 7) is 0.660. The lowest BCUT2D eigenvalue weighted by Crippen LogP contribution is -2.39. The van der Waals surface area contributed by atoms with Crippen molar-refractivity contribution in [2.45, 2.75) is 32.1 Å². The second kappa shape index (κ2) is 4.79. The first-order valence-electron chi connectivity index (χ1n) is 6.00. The van der Waals surface area contributed by atoms with Crippen LogP contribution in [0.1, 0.15) is 31.2 Å². The van der Waals surface area contributed by atoms with E-state index >= 15 is 0 Å². The first kappa shape index (κ1) is 11.3. The van der Waals surface area contributed by atoms with Crippen LogP contribution in [0.2, 0.25) is 0 Å². The van der Waals surface area contributed by atoms with Gasteiger partial charge in [0.05, 0.1) is 0 Å². The molecule has 1 aliphatic carbocycles. The Morgan fingerprint density at radius 3 is 2.44 bits per heavy atom. The van der Waals surface area contributed by atoms with E-state index in [9.17, 15) is 4.79 Å². The fraction of sp³-hybridized carbons (Fsp3) is 0.500. The van der Waals surface area contributed by atoms with Crippen molar-refractivity contribution in [1.82, 2.24) is 0 Å². The van der Waals surface area contributed by atoms with Crippen molar-refractivity contribution >= 4 is 5.78 Å². The van der Waals surface area contributed by atoms with Gasteiger partial charge in [0.2, 0.25) is 0 Å². The number of rotatable bonds is 5. The Bertz CT molecular complexity index is 349. The molecule has 0 radical (unpaired) electrons. The first-order valence-corrected chi connectivity index (χ1v) is 6.00. The van der Waals surface area contributed by atoms with Crippen LogP contribution in [0.25, 0.3) is 0 Å². The second-order valence-electron chi connectivity index (χ2n) is 4.94. The van der Waals surface area contributed by atoms with E-state index in [2.05, 4.69) is 0 Å². The van der Waals surface area contributed by atoms with E-state index in [0.717, 1.165) is 18.4 Å². The molecule has 0 unspecified atom stereocenters. The highest BCUT2D eigenvalue weighted by Gasteiger charge is 2.37. The van der Waals surface area contributed by atoms with Crippen molar-refractivity contribution in [1.29, 1.82) is 0 Å². The first-order chi connectivity index (χ1) is 7.74. The molecule has 0 aromatic heterocycles. The molecule has 0 amide bonds. The summed E-state index contributed by atoms with van der Waals surface area (Å²) in [5, 5.41) is 0. The van der Waals surface area contributed by atoms with Crippen molar-refractivity contribution in [3.05, 3.63) is 35.9 Å². The summed E-state index contributed by atoms with van der Waals surface area (Å²) in [7, 11) is 0. The smallest absolute Gasteiger partial charge is 0.137 e. The van der Waals surface area contributed by atoms with Gasteiger partial charge in [-0.2, -0.15) is 0 Å². The quantitative estimate of drug-likeness (QED) is 0.822. The average molecular weight is 217 g/mol. The minimum absolute atomic E-state index is 0.145. The highest BCUT2D eigenvalue weighted by molar-refractivity contribution is 5.81. The van der Waals surface area contributed by atoms with Gasteiger partial charge < -0.3 is 5.73 Å². The van der Waals surface area contributed by atoms with Gasteiger partial charge >= 0.3 is 0 Å². The molecule has 1 aromatic rings. The molecule has 0 saturated heterocycles. The van der Waals surface area contributed by atoms with Crippen LogP contribution in [-0.2, 0) is 11.2 Å². The second-order valence-corrected chi connectivity index (χ2v) is 4.94. The average Bonchev–Trinajstić information content (AvgIpc) is 2.25. The molecule has 2 heteroatoms. The molecule has 1 aliphatic rings. The van der Waals surface area contributed by atoms with Crippen LogP contribution in [-0.4, -0.2) is 12.3 Å². The maximum Gasteiger partial charge on any atom is 0.137 e. The molecule has 0 heterocycles. The third kappa shape index (κ3) is 2.50. The van der Waals surface area contributed by atoms with Crippen LogP contribution < -0.4 is 5.73 Å². The summed E-state index contributed by atoms with van der Waals surface area (Å²) in [4.78, 5) is 11.9. The van der Waals surface area contributed by atoms with Gasteiger partial charge in [0.15, 0.2) is 0 Å². The van der Waals surface area contributed by atoms with Crippen LogP contribution in [0.15, 0.2) is 30.3 Å². The fourth-order valence-corrected chi connectivity index (χ4v) is 2.43. The van der Waals surface area contributed by atoms with Crippen molar-refractivity contribution in [3.63, 3.8) is 0 Å². The zero-order chi connectivity index (χ0) is 11.4. The van der Waals surface area contributed by atoms with Gasteiger partial charge in [0.1, 0.15) is 5.78 Å². The molecule has 86 valence electrons. The number of carbonyl (C=O) groups excluding carboxylic acids is 1. The van der Waals surface area contributed by atoms with E-state index in [-0.39, 0.29) is 5.41 Å². The van der Waals surface area contributed by atoms with E-state index in [1.54, 1.807) is 0 Å². The third-order valence-corrected chi connectivity index (χ3v) is 3.66. The molecule has 1 aromatic carbocycles. The predicted molar refractivity (Wildman–Crippen MR) is 65.1 cm³/mol. The fourth-order valence-electron chi connectivity index (χ4n) is 2.43. The zero-order valence-electron chi connectivity index (χ0n) is 9.61. The highest BCUT2D eigenvalue weighted by atomic mass is 16.1. The Morgan fingerprint density at radius 2 is 1.94 bits per heavy atom. The van der Waals surface area contributed by atoms with Crippen LogP contribution >= 0.6 is 0 Å². The van der Waals surface area contributed by atoms with E-state index in [1.165, 1.54) is 6.42 Å². The van der Waals surface area contributed by atoms with E-state index in [1.807, 2.05) is 30.3 Å². The van der Waals surface area contributed by atoms with Gasteiger partial charge in [-0.05, 0) is 30.4 Å². The van der Waals surface area contributed by atoms with Gasteiger partial charge in [-0.25, -0.2) is 0 Å². The molecule has 0 spiro atoms. The summed E-state index contributed by atoms with van der Waals surface area (Å²) in [5.74, 6) is 0.330. The summed E-state index contributed by atoms with van der Waals surface area (Å²) < 4.78 is 0. The molecule has 0 aliphatic heterocycles. The van der Waals surface area contributed by atoms with Gasteiger partial charge in [-0.3, -0.25) is 4.79 Å². The molecule has 2 N–H and O–H groups in total. The van der Waals surface area contributed by atoms with Gasteiger partial charge in [0, 0.05) is 12.8 Å². The molecule has 2 nitrogen and oxygen atoms in total. The summed E-state index contributed by atoms with van der Waals surface area (Å²) in [6.07, 6.45) is 4.71. The van der Waals surface area contributed by atoms with E-state index in [4.69, 9.17) is 5.73 Å². The van der Waals surface area contributed by atoms with Crippen LogP contribution in [0.4, 0.5) is 0 Å².